The summed E-state index contributed by atoms with van der Waals surface area (Å²) in [5.41, 5.74) is 1.89. The number of aryl methyl sites for hydroxylation is 1. The SMILES string of the molecule is CCn1cc(COc2ccc(CCl)nc2)cn1. The molecule has 17 heavy (non-hydrogen) atoms. The van der Waals surface area contributed by atoms with Crippen molar-refractivity contribution in [2.45, 2.75) is 26.0 Å². The lowest BCUT2D eigenvalue weighted by Gasteiger charge is -2.04. The molecule has 0 amide bonds. The van der Waals surface area contributed by atoms with Crippen LogP contribution in [0.4, 0.5) is 0 Å². The number of hydrogen-bond acceptors (Lipinski definition) is 3. The van der Waals surface area contributed by atoms with Crippen LogP contribution in [0.5, 0.6) is 5.75 Å². The fourth-order valence-corrected chi connectivity index (χ4v) is 1.55. The fourth-order valence-electron chi connectivity index (χ4n) is 1.40. The highest BCUT2D eigenvalue weighted by Gasteiger charge is 2.00. The number of halogens is 1. The molecule has 0 aliphatic heterocycles. The van der Waals surface area contributed by atoms with Crippen LogP contribution in [-0.4, -0.2) is 14.8 Å². The van der Waals surface area contributed by atoms with Crippen LogP contribution >= 0.6 is 11.6 Å². The van der Waals surface area contributed by atoms with Crippen LogP contribution in [-0.2, 0) is 19.0 Å². The first kappa shape index (κ1) is 11.9. The Morgan fingerprint density at radius 3 is 2.82 bits per heavy atom. The molecule has 0 unspecified atom stereocenters. The van der Waals surface area contributed by atoms with Gasteiger partial charge < -0.3 is 4.74 Å². The van der Waals surface area contributed by atoms with Crippen LogP contribution in [0.25, 0.3) is 0 Å². The lowest BCUT2D eigenvalue weighted by atomic mass is 10.3. The Morgan fingerprint density at radius 1 is 1.35 bits per heavy atom. The maximum absolute atomic E-state index is 5.66. The second kappa shape index (κ2) is 5.68. The summed E-state index contributed by atoms with van der Waals surface area (Å²) in [4.78, 5) is 4.15. The third kappa shape index (κ3) is 3.20. The Labute approximate surface area is 105 Å². The molecule has 4 nitrogen and oxygen atoms in total. The number of rotatable bonds is 5. The molecule has 0 atom stereocenters. The van der Waals surface area contributed by atoms with Gasteiger partial charge in [-0.15, -0.1) is 11.6 Å². The molecule has 0 saturated carbocycles. The molecule has 2 aromatic heterocycles. The van der Waals surface area contributed by atoms with E-state index in [1.165, 1.54) is 0 Å². The Bertz CT molecular complexity index is 467. The minimum atomic E-state index is 0.420. The van der Waals surface area contributed by atoms with Gasteiger partial charge in [0.1, 0.15) is 12.4 Å². The minimum Gasteiger partial charge on any atom is -0.487 e. The number of nitrogens with zero attached hydrogens (tertiary/aromatic N) is 3. The summed E-state index contributed by atoms with van der Waals surface area (Å²) in [5, 5.41) is 4.18. The molecule has 0 bridgehead atoms. The van der Waals surface area contributed by atoms with Crippen LogP contribution in [0.15, 0.2) is 30.7 Å². The summed E-state index contributed by atoms with van der Waals surface area (Å²) in [6.07, 6.45) is 5.46. The average molecular weight is 252 g/mol. The van der Waals surface area contributed by atoms with Crippen molar-refractivity contribution in [3.05, 3.63) is 42.0 Å². The van der Waals surface area contributed by atoms with Crippen molar-refractivity contribution in [3.63, 3.8) is 0 Å². The van der Waals surface area contributed by atoms with Crippen molar-refractivity contribution >= 4 is 11.6 Å². The highest BCUT2D eigenvalue weighted by atomic mass is 35.5. The quantitative estimate of drug-likeness (QED) is 0.767. The highest BCUT2D eigenvalue weighted by Crippen LogP contribution is 2.12. The van der Waals surface area contributed by atoms with E-state index in [0.29, 0.717) is 12.5 Å². The molecule has 0 aliphatic carbocycles. The van der Waals surface area contributed by atoms with Gasteiger partial charge in [-0.2, -0.15) is 5.10 Å². The number of aromatic nitrogens is 3. The van der Waals surface area contributed by atoms with E-state index in [1.54, 1.807) is 6.20 Å². The molecule has 0 fully saturated rings. The zero-order valence-corrected chi connectivity index (χ0v) is 10.4. The van der Waals surface area contributed by atoms with Gasteiger partial charge in [0, 0.05) is 18.3 Å². The third-order valence-electron chi connectivity index (χ3n) is 2.35. The van der Waals surface area contributed by atoms with Crippen LogP contribution in [0.2, 0.25) is 0 Å². The molecule has 0 N–H and O–H groups in total. The number of alkyl halides is 1. The Balaban J connectivity index is 1.92. The molecule has 5 heteroatoms. The largest absolute Gasteiger partial charge is 0.487 e. The third-order valence-corrected chi connectivity index (χ3v) is 2.62. The fraction of sp³-hybridized carbons (Fsp3) is 0.333. The van der Waals surface area contributed by atoms with Crippen molar-refractivity contribution in [3.8, 4) is 5.75 Å². The zero-order valence-electron chi connectivity index (χ0n) is 9.64. The standard InChI is InChI=1S/C12H14ClN3O/c1-2-16-8-10(6-15-16)9-17-12-4-3-11(5-13)14-7-12/h3-4,6-8H,2,5,9H2,1H3. The van der Waals surface area contributed by atoms with E-state index in [1.807, 2.05) is 36.1 Å². The number of hydrogen-bond donors (Lipinski definition) is 0. The van der Waals surface area contributed by atoms with Crippen molar-refractivity contribution < 1.29 is 4.74 Å². The Kier molecular flexibility index (Phi) is 3.98. The van der Waals surface area contributed by atoms with Crippen LogP contribution in [0.1, 0.15) is 18.2 Å². The summed E-state index contributed by atoms with van der Waals surface area (Å²) in [5.74, 6) is 1.16. The summed E-state index contributed by atoms with van der Waals surface area (Å²) < 4.78 is 7.46. The van der Waals surface area contributed by atoms with Crippen molar-refractivity contribution in [1.82, 2.24) is 14.8 Å². The lowest BCUT2D eigenvalue weighted by molar-refractivity contribution is 0.304. The molecule has 0 aromatic carbocycles. The van der Waals surface area contributed by atoms with Crippen molar-refractivity contribution in [1.29, 1.82) is 0 Å². The van der Waals surface area contributed by atoms with Gasteiger partial charge in [-0.25, -0.2) is 0 Å². The second-order valence-electron chi connectivity index (χ2n) is 3.61. The van der Waals surface area contributed by atoms with Crippen molar-refractivity contribution in [2.75, 3.05) is 0 Å². The zero-order chi connectivity index (χ0) is 12.1. The monoisotopic (exact) mass is 251 g/mol. The maximum atomic E-state index is 5.66. The van der Waals surface area contributed by atoms with Crippen LogP contribution < -0.4 is 4.74 Å². The average Bonchev–Trinajstić information content (AvgIpc) is 2.85. The van der Waals surface area contributed by atoms with E-state index in [-0.39, 0.29) is 0 Å². The van der Waals surface area contributed by atoms with Gasteiger partial charge in [-0.05, 0) is 19.1 Å². The maximum Gasteiger partial charge on any atom is 0.138 e. The molecule has 0 saturated heterocycles. The molecular formula is C12H14ClN3O. The van der Waals surface area contributed by atoms with E-state index >= 15 is 0 Å². The predicted octanol–water partition coefficient (Wildman–Crippen LogP) is 2.62. The Morgan fingerprint density at radius 2 is 2.24 bits per heavy atom. The van der Waals surface area contributed by atoms with Gasteiger partial charge in [-0.3, -0.25) is 9.67 Å². The first-order valence-electron chi connectivity index (χ1n) is 5.47. The highest BCUT2D eigenvalue weighted by molar-refractivity contribution is 6.16. The van der Waals surface area contributed by atoms with Gasteiger partial charge in [-0.1, -0.05) is 0 Å². The van der Waals surface area contributed by atoms with E-state index < -0.39 is 0 Å². The minimum absolute atomic E-state index is 0.420. The van der Waals surface area contributed by atoms with Gasteiger partial charge in [0.25, 0.3) is 0 Å². The summed E-state index contributed by atoms with van der Waals surface area (Å²) in [6, 6.07) is 3.73. The first-order valence-corrected chi connectivity index (χ1v) is 6.00. The summed E-state index contributed by atoms with van der Waals surface area (Å²) >= 11 is 5.66. The first-order chi connectivity index (χ1) is 8.31. The molecular weight excluding hydrogens is 238 g/mol. The molecule has 2 aromatic rings. The topological polar surface area (TPSA) is 39.9 Å². The van der Waals surface area contributed by atoms with E-state index in [4.69, 9.17) is 16.3 Å². The molecule has 0 aliphatic rings. The van der Waals surface area contributed by atoms with Crippen molar-refractivity contribution in [2.24, 2.45) is 0 Å². The van der Waals surface area contributed by atoms with Gasteiger partial charge in [0.2, 0.25) is 0 Å². The summed E-state index contributed by atoms with van der Waals surface area (Å²) in [6.45, 7) is 3.42. The van der Waals surface area contributed by atoms with E-state index in [2.05, 4.69) is 10.1 Å². The number of ether oxygens (including phenoxy) is 1. The normalized spacial score (nSPS) is 10.5. The molecule has 0 spiro atoms. The Hall–Kier alpha value is -1.55. The molecule has 2 rings (SSSR count). The summed E-state index contributed by atoms with van der Waals surface area (Å²) in [7, 11) is 0. The van der Waals surface area contributed by atoms with E-state index in [0.717, 1.165) is 23.6 Å². The predicted molar refractivity (Wildman–Crippen MR) is 66.0 cm³/mol. The van der Waals surface area contributed by atoms with Crippen LogP contribution in [0.3, 0.4) is 0 Å². The van der Waals surface area contributed by atoms with Gasteiger partial charge in [0.05, 0.1) is 24.0 Å². The van der Waals surface area contributed by atoms with E-state index in [9.17, 15) is 0 Å². The molecule has 2 heterocycles. The number of pyridine rings is 1. The van der Waals surface area contributed by atoms with Gasteiger partial charge in [0.15, 0.2) is 0 Å². The second-order valence-corrected chi connectivity index (χ2v) is 3.88. The molecule has 90 valence electrons. The van der Waals surface area contributed by atoms with Crippen LogP contribution in [0, 0.1) is 0 Å². The van der Waals surface area contributed by atoms with Gasteiger partial charge >= 0.3 is 0 Å². The molecule has 0 radical (unpaired) electrons. The lowest BCUT2D eigenvalue weighted by Crippen LogP contribution is -1.96. The smallest absolute Gasteiger partial charge is 0.138 e.